The topological polar surface area (TPSA) is 32.3 Å². The van der Waals surface area contributed by atoms with E-state index < -0.39 is 0 Å². The maximum Gasteiger partial charge on any atom is 0.317 e. The minimum Gasteiger partial charge on any atom is -0.337 e. The lowest BCUT2D eigenvalue weighted by Crippen LogP contribution is -2.56. The van der Waals surface area contributed by atoms with Gasteiger partial charge in [0.15, 0.2) is 0 Å². The van der Waals surface area contributed by atoms with Crippen molar-refractivity contribution in [1.29, 1.82) is 0 Å². The van der Waals surface area contributed by atoms with Crippen molar-refractivity contribution >= 4 is 6.03 Å². The van der Waals surface area contributed by atoms with Crippen molar-refractivity contribution in [2.45, 2.75) is 25.3 Å². The van der Waals surface area contributed by atoms with Crippen LogP contribution in [0.4, 0.5) is 4.79 Å². The second-order valence-electron chi connectivity index (χ2n) is 4.02. The maximum absolute atomic E-state index is 11.3. The van der Waals surface area contributed by atoms with Crippen molar-refractivity contribution in [1.82, 2.24) is 10.2 Å². The highest BCUT2D eigenvalue weighted by atomic mass is 16.2. The van der Waals surface area contributed by atoms with Crippen molar-refractivity contribution in [3.05, 3.63) is 12.2 Å². The zero-order chi connectivity index (χ0) is 9.42. The van der Waals surface area contributed by atoms with E-state index in [1.165, 1.54) is 12.0 Å². The van der Waals surface area contributed by atoms with E-state index in [-0.39, 0.29) is 6.03 Å². The Kier molecular flexibility index (Phi) is 2.02. The number of hydrogen-bond donors (Lipinski definition) is 1. The summed E-state index contributed by atoms with van der Waals surface area (Å²) in [6.07, 6.45) is 3.44. The molecule has 2 aliphatic rings. The molecule has 1 saturated carbocycles. The molecule has 0 bridgehead atoms. The van der Waals surface area contributed by atoms with Gasteiger partial charge >= 0.3 is 6.03 Å². The van der Waals surface area contributed by atoms with E-state index in [0.717, 1.165) is 19.4 Å². The third kappa shape index (κ3) is 1.32. The van der Waals surface area contributed by atoms with Crippen molar-refractivity contribution in [3.8, 4) is 0 Å². The lowest BCUT2D eigenvalue weighted by molar-refractivity contribution is 0.134. The summed E-state index contributed by atoms with van der Waals surface area (Å²) in [6.45, 7) is 4.86. The van der Waals surface area contributed by atoms with Crippen LogP contribution in [-0.2, 0) is 0 Å². The van der Waals surface area contributed by atoms with Gasteiger partial charge in [0.05, 0.1) is 0 Å². The van der Waals surface area contributed by atoms with Gasteiger partial charge in [0.2, 0.25) is 0 Å². The smallest absolute Gasteiger partial charge is 0.317 e. The van der Waals surface area contributed by atoms with Gasteiger partial charge in [0, 0.05) is 25.6 Å². The van der Waals surface area contributed by atoms with Crippen LogP contribution < -0.4 is 5.32 Å². The predicted octanol–water partition coefficient (Wildman–Crippen LogP) is 1.37. The molecule has 2 atom stereocenters. The van der Waals surface area contributed by atoms with Crippen LogP contribution in [0, 0.1) is 5.92 Å². The first-order valence-electron chi connectivity index (χ1n) is 4.88. The Hall–Kier alpha value is -0.990. The monoisotopic (exact) mass is 180 g/mol. The minimum atomic E-state index is 0.0657. The fraction of sp³-hybridized carbons (Fsp3) is 0.700. The van der Waals surface area contributed by atoms with Gasteiger partial charge in [-0.15, -0.1) is 0 Å². The van der Waals surface area contributed by atoms with Crippen LogP contribution in [0.25, 0.3) is 0 Å². The Labute approximate surface area is 78.8 Å². The summed E-state index contributed by atoms with van der Waals surface area (Å²) in [7, 11) is 1.88. The Morgan fingerprint density at radius 1 is 1.62 bits per heavy atom. The molecule has 0 radical (unpaired) electrons. The van der Waals surface area contributed by atoms with Gasteiger partial charge in [-0.25, -0.2) is 4.79 Å². The van der Waals surface area contributed by atoms with Crippen molar-refractivity contribution in [2.75, 3.05) is 13.6 Å². The molecule has 3 nitrogen and oxygen atoms in total. The number of fused-ring (bicyclic) bond motifs is 1. The lowest BCUT2D eigenvalue weighted by atomic mass is 9.79. The predicted molar refractivity (Wildman–Crippen MR) is 51.4 cm³/mol. The van der Waals surface area contributed by atoms with Crippen molar-refractivity contribution < 1.29 is 4.79 Å². The standard InChI is InChI=1S/C10H16N2O/c1-7-4-3-5-9-8(7)6-11-10(13)12(9)2/h8-9H,1,3-6H2,2H3,(H,11,13). The zero-order valence-electron chi connectivity index (χ0n) is 8.05. The van der Waals surface area contributed by atoms with Crippen LogP contribution >= 0.6 is 0 Å². The molecule has 0 aromatic rings. The number of rotatable bonds is 0. The van der Waals surface area contributed by atoms with E-state index in [2.05, 4.69) is 11.9 Å². The molecule has 1 heterocycles. The molecule has 0 aromatic heterocycles. The van der Waals surface area contributed by atoms with Crippen LogP contribution in [0.1, 0.15) is 19.3 Å². The molecular weight excluding hydrogens is 164 g/mol. The molecule has 0 aromatic carbocycles. The van der Waals surface area contributed by atoms with Gasteiger partial charge in [-0.05, 0) is 19.3 Å². The number of carbonyl (C=O) groups is 1. The maximum atomic E-state index is 11.3. The normalized spacial score (nSPS) is 34.1. The highest BCUT2D eigenvalue weighted by Crippen LogP contribution is 2.32. The lowest BCUT2D eigenvalue weighted by Gasteiger charge is -2.43. The minimum absolute atomic E-state index is 0.0657. The number of urea groups is 1. The molecule has 13 heavy (non-hydrogen) atoms. The van der Waals surface area contributed by atoms with E-state index >= 15 is 0 Å². The number of hydrogen-bond acceptors (Lipinski definition) is 1. The molecule has 2 fully saturated rings. The van der Waals surface area contributed by atoms with Crippen molar-refractivity contribution in [3.63, 3.8) is 0 Å². The number of carbonyl (C=O) groups excluding carboxylic acids is 1. The van der Waals surface area contributed by atoms with Gasteiger partial charge in [0.25, 0.3) is 0 Å². The molecule has 2 unspecified atom stereocenters. The SMILES string of the molecule is C=C1CCCC2C1CNC(=O)N2C. The molecule has 72 valence electrons. The van der Waals surface area contributed by atoms with Crippen molar-refractivity contribution in [2.24, 2.45) is 5.92 Å². The van der Waals surface area contributed by atoms with Gasteiger partial charge in [-0.2, -0.15) is 0 Å². The third-order valence-electron chi connectivity index (χ3n) is 3.28. The molecule has 2 rings (SSSR count). The number of nitrogens with zero attached hydrogens (tertiary/aromatic N) is 1. The first-order valence-corrected chi connectivity index (χ1v) is 4.88. The number of nitrogens with one attached hydrogen (secondary N) is 1. The Bertz CT molecular complexity index is 249. The molecular formula is C10H16N2O. The molecule has 0 spiro atoms. The van der Waals surface area contributed by atoms with Crippen LogP contribution in [0.5, 0.6) is 0 Å². The molecule has 2 amide bonds. The fourth-order valence-electron chi connectivity index (χ4n) is 2.41. The number of amides is 2. The quantitative estimate of drug-likeness (QED) is 0.561. The highest BCUT2D eigenvalue weighted by molar-refractivity contribution is 5.75. The Balaban J connectivity index is 2.17. The second-order valence-corrected chi connectivity index (χ2v) is 4.02. The molecule has 1 saturated heterocycles. The van der Waals surface area contributed by atoms with Gasteiger partial charge < -0.3 is 10.2 Å². The van der Waals surface area contributed by atoms with E-state index in [1.54, 1.807) is 0 Å². The summed E-state index contributed by atoms with van der Waals surface area (Å²) in [5.74, 6) is 0.483. The zero-order valence-corrected chi connectivity index (χ0v) is 8.05. The average molecular weight is 180 g/mol. The molecule has 1 aliphatic heterocycles. The summed E-state index contributed by atoms with van der Waals surface area (Å²) >= 11 is 0. The van der Waals surface area contributed by atoms with E-state index in [4.69, 9.17) is 0 Å². The summed E-state index contributed by atoms with van der Waals surface area (Å²) in [5.41, 5.74) is 1.31. The van der Waals surface area contributed by atoms with Crippen LogP contribution in [0.3, 0.4) is 0 Å². The van der Waals surface area contributed by atoms with Crippen LogP contribution in [0.15, 0.2) is 12.2 Å². The van der Waals surface area contributed by atoms with Gasteiger partial charge in [-0.3, -0.25) is 0 Å². The fourth-order valence-corrected chi connectivity index (χ4v) is 2.41. The van der Waals surface area contributed by atoms with Crippen LogP contribution in [-0.4, -0.2) is 30.6 Å². The van der Waals surface area contributed by atoms with E-state index in [0.29, 0.717) is 12.0 Å². The average Bonchev–Trinajstić information content (AvgIpc) is 2.12. The molecule has 1 N–H and O–H groups in total. The summed E-state index contributed by atoms with van der Waals surface area (Å²) < 4.78 is 0. The largest absolute Gasteiger partial charge is 0.337 e. The highest BCUT2D eigenvalue weighted by Gasteiger charge is 2.36. The summed E-state index contributed by atoms with van der Waals surface area (Å²) in [6, 6.07) is 0.464. The Morgan fingerprint density at radius 3 is 3.15 bits per heavy atom. The van der Waals surface area contributed by atoms with Gasteiger partial charge in [0.1, 0.15) is 0 Å². The third-order valence-corrected chi connectivity index (χ3v) is 3.28. The molecule has 1 aliphatic carbocycles. The second kappa shape index (κ2) is 3.05. The first-order chi connectivity index (χ1) is 6.20. The summed E-state index contributed by atoms with van der Waals surface area (Å²) in [4.78, 5) is 13.2. The van der Waals surface area contributed by atoms with Crippen LogP contribution in [0.2, 0.25) is 0 Å². The van der Waals surface area contributed by atoms with E-state index in [1.807, 2.05) is 11.9 Å². The first kappa shape index (κ1) is 8.60. The van der Waals surface area contributed by atoms with Gasteiger partial charge in [-0.1, -0.05) is 12.2 Å². The Morgan fingerprint density at radius 2 is 2.38 bits per heavy atom. The molecule has 3 heteroatoms. The summed E-state index contributed by atoms with van der Waals surface area (Å²) in [5, 5.41) is 2.89. The van der Waals surface area contributed by atoms with E-state index in [9.17, 15) is 4.79 Å².